The molecule has 3 N–H and O–H groups in total. The van der Waals surface area contributed by atoms with Crippen LogP contribution in [0.2, 0.25) is 0 Å². The summed E-state index contributed by atoms with van der Waals surface area (Å²) in [5, 5.41) is 2.80. The molecule has 0 aliphatic carbocycles. The topological polar surface area (TPSA) is 64.3 Å². The van der Waals surface area contributed by atoms with E-state index in [9.17, 15) is 4.79 Å². The van der Waals surface area contributed by atoms with E-state index in [1.807, 2.05) is 51.1 Å². The fourth-order valence-corrected chi connectivity index (χ4v) is 1.93. The fourth-order valence-electron chi connectivity index (χ4n) is 1.93. The third kappa shape index (κ3) is 3.75. The van der Waals surface area contributed by atoms with Gasteiger partial charge in [-0.2, -0.15) is 0 Å². The van der Waals surface area contributed by atoms with Crippen molar-refractivity contribution in [3.8, 4) is 5.75 Å². The maximum absolute atomic E-state index is 11.9. The molecule has 0 atom stereocenters. The summed E-state index contributed by atoms with van der Waals surface area (Å²) >= 11 is 0. The van der Waals surface area contributed by atoms with E-state index >= 15 is 0 Å². The molecule has 0 spiro atoms. The zero-order valence-electron chi connectivity index (χ0n) is 12.6. The van der Waals surface area contributed by atoms with Gasteiger partial charge in [-0.3, -0.25) is 4.79 Å². The van der Waals surface area contributed by atoms with Crippen molar-refractivity contribution in [2.75, 3.05) is 17.7 Å². The van der Waals surface area contributed by atoms with Crippen molar-refractivity contribution in [3.05, 3.63) is 53.1 Å². The number of nitrogens with one attached hydrogen (secondary N) is 1. The summed E-state index contributed by atoms with van der Waals surface area (Å²) < 4.78 is 5.50. The number of amides is 1. The molecule has 0 fully saturated rings. The van der Waals surface area contributed by atoms with Crippen LogP contribution in [0.5, 0.6) is 5.75 Å². The third-order valence-electron chi connectivity index (χ3n) is 3.50. The molecule has 0 aliphatic rings. The summed E-state index contributed by atoms with van der Waals surface area (Å²) in [6.45, 7) is 5.89. The first-order chi connectivity index (χ1) is 9.97. The van der Waals surface area contributed by atoms with Crippen LogP contribution in [0.3, 0.4) is 0 Å². The van der Waals surface area contributed by atoms with Crippen molar-refractivity contribution in [1.29, 1.82) is 0 Å². The van der Waals surface area contributed by atoms with Crippen LogP contribution in [0.4, 0.5) is 11.4 Å². The number of ether oxygens (including phenoxy) is 1. The van der Waals surface area contributed by atoms with E-state index in [1.54, 1.807) is 6.07 Å². The first-order valence-corrected chi connectivity index (χ1v) is 6.82. The fraction of sp³-hybridized carbons (Fsp3) is 0.235. The molecule has 0 aliphatic heterocycles. The van der Waals surface area contributed by atoms with Crippen molar-refractivity contribution >= 4 is 17.3 Å². The van der Waals surface area contributed by atoms with Crippen LogP contribution in [0.25, 0.3) is 0 Å². The normalized spacial score (nSPS) is 10.2. The average Bonchev–Trinajstić information content (AvgIpc) is 2.45. The lowest BCUT2D eigenvalue weighted by Gasteiger charge is -2.11. The van der Waals surface area contributed by atoms with Crippen molar-refractivity contribution in [3.63, 3.8) is 0 Å². The Hall–Kier alpha value is -2.49. The van der Waals surface area contributed by atoms with Gasteiger partial charge in [-0.25, -0.2) is 0 Å². The van der Waals surface area contributed by atoms with E-state index < -0.39 is 0 Å². The summed E-state index contributed by atoms with van der Waals surface area (Å²) in [5.74, 6) is 0.486. The average molecular weight is 284 g/mol. The second kappa shape index (κ2) is 6.31. The lowest BCUT2D eigenvalue weighted by Crippen LogP contribution is -2.20. The Kier molecular flexibility index (Phi) is 4.48. The molecule has 2 aromatic carbocycles. The quantitative estimate of drug-likeness (QED) is 0.847. The second-order valence-corrected chi connectivity index (χ2v) is 5.10. The molecule has 2 aromatic rings. The Morgan fingerprint density at radius 2 is 1.90 bits per heavy atom. The molecule has 0 bridgehead atoms. The van der Waals surface area contributed by atoms with Crippen LogP contribution in [0.15, 0.2) is 36.4 Å². The monoisotopic (exact) mass is 284 g/mol. The Morgan fingerprint density at radius 1 is 1.14 bits per heavy atom. The summed E-state index contributed by atoms with van der Waals surface area (Å²) in [6, 6.07) is 11.2. The summed E-state index contributed by atoms with van der Waals surface area (Å²) in [7, 11) is 0. The zero-order valence-corrected chi connectivity index (χ0v) is 12.6. The Morgan fingerprint density at radius 3 is 2.62 bits per heavy atom. The first kappa shape index (κ1) is 14.9. The van der Waals surface area contributed by atoms with Crippen LogP contribution in [0.1, 0.15) is 16.7 Å². The van der Waals surface area contributed by atoms with E-state index in [1.165, 1.54) is 5.56 Å². The molecule has 0 heterocycles. The molecule has 2 rings (SSSR count). The molecule has 21 heavy (non-hydrogen) atoms. The van der Waals surface area contributed by atoms with Crippen LogP contribution >= 0.6 is 0 Å². The standard InChI is InChI=1S/C17H20N2O2/c1-11-7-8-14(9-12(11)2)21-10-17(20)19-16-6-4-5-15(18)13(16)3/h4-9H,10,18H2,1-3H3,(H,19,20). The Bertz CT molecular complexity index is 666. The summed E-state index contributed by atoms with van der Waals surface area (Å²) in [5.41, 5.74) is 10.4. The molecular formula is C17H20N2O2. The number of aryl methyl sites for hydroxylation is 2. The van der Waals surface area contributed by atoms with Gasteiger partial charge in [-0.1, -0.05) is 12.1 Å². The predicted octanol–water partition coefficient (Wildman–Crippen LogP) is 3.21. The number of benzene rings is 2. The van der Waals surface area contributed by atoms with Crippen LogP contribution < -0.4 is 15.8 Å². The molecule has 4 heteroatoms. The second-order valence-electron chi connectivity index (χ2n) is 5.10. The van der Waals surface area contributed by atoms with E-state index in [0.717, 1.165) is 11.1 Å². The van der Waals surface area contributed by atoms with Gasteiger partial charge in [0.1, 0.15) is 5.75 Å². The highest BCUT2D eigenvalue weighted by Crippen LogP contribution is 2.20. The number of carbonyl (C=O) groups is 1. The Balaban J connectivity index is 1.96. The summed E-state index contributed by atoms with van der Waals surface area (Å²) in [6.07, 6.45) is 0. The van der Waals surface area contributed by atoms with Crippen molar-refractivity contribution in [2.45, 2.75) is 20.8 Å². The van der Waals surface area contributed by atoms with E-state index in [2.05, 4.69) is 5.32 Å². The SMILES string of the molecule is Cc1ccc(OCC(=O)Nc2cccc(N)c2C)cc1C. The molecule has 1 amide bonds. The largest absolute Gasteiger partial charge is 0.484 e. The molecule has 0 radical (unpaired) electrons. The smallest absolute Gasteiger partial charge is 0.262 e. The van der Waals surface area contributed by atoms with Gasteiger partial charge in [0, 0.05) is 11.4 Å². The van der Waals surface area contributed by atoms with Gasteiger partial charge in [0.05, 0.1) is 0 Å². The third-order valence-corrected chi connectivity index (χ3v) is 3.50. The maximum atomic E-state index is 11.9. The molecule has 0 saturated carbocycles. The van der Waals surface area contributed by atoms with Gasteiger partial charge in [0.15, 0.2) is 6.61 Å². The van der Waals surface area contributed by atoms with Gasteiger partial charge >= 0.3 is 0 Å². The molecule has 4 nitrogen and oxygen atoms in total. The van der Waals surface area contributed by atoms with E-state index in [4.69, 9.17) is 10.5 Å². The minimum absolute atomic E-state index is 0.0310. The Labute approximate surface area is 124 Å². The van der Waals surface area contributed by atoms with Crippen molar-refractivity contribution in [1.82, 2.24) is 0 Å². The van der Waals surface area contributed by atoms with E-state index in [0.29, 0.717) is 17.1 Å². The zero-order chi connectivity index (χ0) is 15.4. The molecule has 0 unspecified atom stereocenters. The van der Waals surface area contributed by atoms with Gasteiger partial charge < -0.3 is 15.8 Å². The number of carbonyl (C=O) groups excluding carboxylic acids is 1. The number of nitrogen functional groups attached to an aromatic ring is 1. The highest BCUT2D eigenvalue weighted by Gasteiger charge is 2.07. The number of anilines is 2. The molecule has 0 saturated heterocycles. The number of rotatable bonds is 4. The first-order valence-electron chi connectivity index (χ1n) is 6.82. The molecule has 110 valence electrons. The van der Waals surface area contributed by atoms with Crippen molar-refractivity contribution < 1.29 is 9.53 Å². The van der Waals surface area contributed by atoms with Crippen molar-refractivity contribution in [2.24, 2.45) is 0 Å². The van der Waals surface area contributed by atoms with Crippen LogP contribution in [-0.4, -0.2) is 12.5 Å². The van der Waals surface area contributed by atoms with Crippen LogP contribution in [-0.2, 0) is 4.79 Å². The minimum Gasteiger partial charge on any atom is -0.484 e. The van der Waals surface area contributed by atoms with Gasteiger partial charge in [0.25, 0.3) is 5.91 Å². The molecular weight excluding hydrogens is 264 g/mol. The highest BCUT2D eigenvalue weighted by atomic mass is 16.5. The number of hydrogen-bond acceptors (Lipinski definition) is 3. The number of nitrogens with two attached hydrogens (primary N) is 1. The van der Waals surface area contributed by atoms with Gasteiger partial charge in [0.2, 0.25) is 0 Å². The number of hydrogen-bond donors (Lipinski definition) is 2. The minimum atomic E-state index is -0.207. The molecule has 0 aromatic heterocycles. The van der Waals surface area contributed by atoms with E-state index in [-0.39, 0.29) is 12.5 Å². The lowest BCUT2D eigenvalue weighted by molar-refractivity contribution is -0.118. The van der Waals surface area contributed by atoms with Crippen LogP contribution in [0, 0.1) is 20.8 Å². The maximum Gasteiger partial charge on any atom is 0.262 e. The predicted molar refractivity (Wildman–Crippen MR) is 85.6 cm³/mol. The lowest BCUT2D eigenvalue weighted by atomic mass is 10.1. The van der Waals surface area contributed by atoms with Gasteiger partial charge in [-0.05, 0) is 61.7 Å². The highest BCUT2D eigenvalue weighted by molar-refractivity contribution is 5.93. The summed E-state index contributed by atoms with van der Waals surface area (Å²) in [4.78, 5) is 11.9. The van der Waals surface area contributed by atoms with Gasteiger partial charge in [-0.15, -0.1) is 0 Å².